The van der Waals surface area contributed by atoms with Crippen molar-refractivity contribution in [1.29, 1.82) is 0 Å². The van der Waals surface area contributed by atoms with E-state index in [0.29, 0.717) is 11.7 Å². The fraction of sp³-hybridized carbons (Fsp3) is 0.167. The molecule has 2 aromatic carbocycles. The van der Waals surface area contributed by atoms with E-state index in [-0.39, 0.29) is 18.1 Å². The Balaban J connectivity index is 1.48. The molecule has 0 aliphatic carbocycles. The number of anilines is 2. The molecule has 7 nitrogen and oxygen atoms in total. The van der Waals surface area contributed by atoms with E-state index in [1.54, 1.807) is 24.4 Å². The van der Waals surface area contributed by atoms with Crippen molar-refractivity contribution in [2.75, 3.05) is 10.6 Å². The second-order valence-corrected chi connectivity index (χ2v) is 7.67. The van der Waals surface area contributed by atoms with Crippen molar-refractivity contribution in [3.63, 3.8) is 0 Å². The van der Waals surface area contributed by atoms with E-state index in [1.165, 1.54) is 18.3 Å². The van der Waals surface area contributed by atoms with Gasteiger partial charge in [-0.2, -0.15) is 26.9 Å². The second-order valence-electron chi connectivity index (χ2n) is 7.67. The third-order valence-electron chi connectivity index (χ3n) is 5.11. The number of halogens is 5. The van der Waals surface area contributed by atoms with E-state index in [9.17, 15) is 26.7 Å². The number of benzene rings is 2. The molecule has 0 unspecified atom stereocenters. The summed E-state index contributed by atoms with van der Waals surface area (Å²) in [4.78, 5) is 19.8. The van der Waals surface area contributed by atoms with Crippen LogP contribution in [0.5, 0.6) is 0 Å². The summed E-state index contributed by atoms with van der Waals surface area (Å²) < 4.78 is 69.4. The number of hydrogen-bond acceptors (Lipinski definition) is 6. The van der Waals surface area contributed by atoms with Gasteiger partial charge in [0.15, 0.2) is 5.82 Å². The first-order chi connectivity index (χ1) is 17.1. The molecule has 0 saturated carbocycles. The largest absolute Gasteiger partial charge is 0.463 e. The molecule has 0 bridgehead atoms. The molecule has 2 aromatic heterocycles. The Morgan fingerprint density at radius 1 is 0.944 bits per heavy atom. The van der Waals surface area contributed by atoms with E-state index >= 15 is 0 Å². The molecule has 0 atom stereocenters. The molecule has 0 fully saturated rings. The maximum atomic E-state index is 13.3. The number of nitrogens with one attached hydrogen (secondary N) is 2. The molecule has 1 amide bonds. The lowest BCUT2D eigenvalue weighted by atomic mass is 9.98. The van der Waals surface area contributed by atoms with Gasteiger partial charge in [0, 0.05) is 18.3 Å². The highest BCUT2D eigenvalue weighted by Gasteiger charge is 2.63. The Morgan fingerprint density at radius 2 is 1.64 bits per heavy atom. The molecule has 0 radical (unpaired) electrons. The lowest BCUT2D eigenvalue weighted by molar-refractivity contribution is -0.267. The van der Waals surface area contributed by atoms with Crippen LogP contribution in [0.15, 0.2) is 71.4 Å². The van der Waals surface area contributed by atoms with Gasteiger partial charge in [0.05, 0.1) is 5.69 Å². The van der Waals surface area contributed by atoms with Crippen LogP contribution in [-0.2, 0) is 11.3 Å². The van der Waals surface area contributed by atoms with E-state index in [1.807, 2.05) is 36.4 Å². The molecular formula is C24H18F5N5O2. The Morgan fingerprint density at radius 3 is 2.28 bits per heavy atom. The van der Waals surface area contributed by atoms with Crippen molar-refractivity contribution >= 4 is 17.4 Å². The normalized spacial score (nSPS) is 11.8. The summed E-state index contributed by atoms with van der Waals surface area (Å²) in [5, 5.41) is 8.25. The molecule has 0 saturated heterocycles. The summed E-state index contributed by atoms with van der Waals surface area (Å²) >= 11 is 0. The van der Waals surface area contributed by atoms with Gasteiger partial charge in [0.2, 0.25) is 0 Å². The highest BCUT2D eigenvalue weighted by Crippen LogP contribution is 2.37. The predicted octanol–water partition coefficient (Wildman–Crippen LogP) is 5.86. The van der Waals surface area contributed by atoms with Crippen LogP contribution in [0.3, 0.4) is 0 Å². The van der Waals surface area contributed by atoms with Crippen LogP contribution in [-0.4, -0.2) is 33.1 Å². The van der Waals surface area contributed by atoms with Crippen LogP contribution in [0.1, 0.15) is 11.4 Å². The minimum Gasteiger partial charge on any atom is -0.364 e. The van der Waals surface area contributed by atoms with Gasteiger partial charge < -0.3 is 15.2 Å². The molecule has 2 N–H and O–H groups in total. The summed E-state index contributed by atoms with van der Waals surface area (Å²) in [5.41, 5.74) is 2.93. The third-order valence-corrected chi connectivity index (χ3v) is 5.11. The Kier molecular flexibility index (Phi) is 6.69. The monoisotopic (exact) mass is 503 g/mol. The summed E-state index contributed by atoms with van der Waals surface area (Å²) in [5.74, 6) is -7.22. The number of aromatic nitrogens is 3. The molecule has 186 valence electrons. The topological polar surface area (TPSA) is 92.9 Å². The van der Waals surface area contributed by atoms with Crippen LogP contribution in [0.4, 0.5) is 33.5 Å². The number of hydrogen-bond donors (Lipinski definition) is 2. The predicted molar refractivity (Wildman–Crippen MR) is 121 cm³/mol. The number of amides is 1. The van der Waals surface area contributed by atoms with Gasteiger partial charge in [-0.05, 0) is 41.8 Å². The molecule has 0 aliphatic rings. The third kappa shape index (κ3) is 5.16. The number of alkyl halides is 5. The van der Waals surface area contributed by atoms with Crippen molar-refractivity contribution < 1.29 is 31.3 Å². The SMILES string of the molecule is Cc1noc(-c2ccccc2-c2ccc(CNc3ncccc3NC(=O)C(F)(F)C(F)(F)F)cc2)n1. The molecule has 4 rings (SSSR count). The van der Waals surface area contributed by atoms with Crippen LogP contribution in [0.2, 0.25) is 0 Å². The highest BCUT2D eigenvalue weighted by atomic mass is 19.4. The molecule has 0 spiro atoms. The van der Waals surface area contributed by atoms with Gasteiger partial charge in [-0.15, -0.1) is 0 Å². The van der Waals surface area contributed by atoms with Crippen molar-refractivity contribution in [2.24, 2.45) is 0 Å². The van der Waals surface area contributed by atoms with Crippen molar-refractivity contribution in [3.8, 4) is 22.6 Å². The second kappa shape index (κ2) is 9.72. The maximum absolute atomic E-state index is 13.3. The van der Waals surface area contributed by atoms with E-state index in [0.717, 1.165) is 22.3 Å². The Bertz CT molecular complexity index is 1370. The number of pyridine rings is 1. The van der Waals surface area contributed by atoms with E-state index in [4.69, 9.17) is 4.52 Å². The van der Waals surface area contributed by atoms with Gasteiger partial charge in [-0.3, -0.25) is 4.79 Å². The Labute approximate surface area is 201 Å². The van der Waals surface area contributed by atoms with Crippen molar-refractivity contribution in [3.05, 3.63) is 78.2 Å². The first-order valence-corrected chi connectivity index (χ1v) is 10.5. The first-order valence-electron chi connectivity index (χ1n) is 10.5. The molecular weight excluding hydrogens is 485 g/mol. The van der Waals surface area contributed by atoms with Gasteiger partial charge >= 0.3 is 18.0 Å². The van der Waals surface area contributed by atoms with Gasteiger partial charge in [0.25, 0.3) is 5.89 Å². The van der Waals surface area contributed by atoms with Crippen LogP contribution in [0, 0.1) is 6.92 Å². The summed E-state index contributed by atoms with van der Waals surface area (Å²) in [6, 6.07) is 17.3. The number of carbonyl (C=O) groups is 1. The van der Waals surface area contributed by atoms with Crippen LogP contribution < -0.4 is 10.6 Å². The van der Waals surface area contributed by atoms with Gasteiger partial charge in [-0.1, -0.05) is 47.6 Å². The van der Waals surface area contributed by atoms with Gasteiger partial charge in [-0.25, -0.2) is 4.98 Å². The number of nitrogens with zero attached hydrogens (tertiary/aromatic N) is 3. The number of aryl methyl sites for hydroxylation is 1. The molecule has 36 heavy (non-hydrogen) atoms. The fourth-order valence-electron chi connectivity index (χ4n) is 3.29. The zero-order valence-corrected chi connectivity index (χ0v) is 18.6. The summed E-state index contributed by atoms with van der Waals surface area (Å²) in [7, 11) is 0. The Hall–Kier alpha value is -4.35. The lowest BCUT2D eigenvalue weighted by Crippen LogP contribution is -2.47. The van der Waals surface area contributed by atoms with Crippen LogP contribution >= 0.6 is 0 Å². The van der Waals surface area contributed by atoms with E-state index < -0.39 is 18.0 Å². The smallest absolute Gasteiger partial charge is 0.364 e. The quantitative estimate of drug-likeness (QED) is 0.307. The first kappa shape index (κ1) is 24.8. The van der Waals surface area contributed by atoms with Crippen LogP contribution in [0.25, 0.3) is 22.6 Å². The molecule has 12 heteroatoms. The van der Waals surface area contributed by atoms with Crippen molar-refractivity contribution in [1.82, 2.24) is 15.1 Å². The standard InChI is InChI=1S/C24H18F5N5O2/c1-14-32-21(36-34-14)18-6-3-2-5-17(18)16-10-8-15(9-11-16)13-31-20-19(7-4-12-30-20)33-22(35)23(25,26)24(27,28)29/h2-12H,13H2,1H3,(H,30,31)(H,33,35). The average molecular weight is 503 g/mol. The summed E-state index contributed by atoms with van der Waals surface area (Å²) in [6.07, 6.45) is -4.71. The zero-order valence-electron chi connectivity index (χ0n) is 18.6. The number of rotatable bonds is 7. The molecule has 0 aliphatic heterocycles. The van der Waals surface area contributed by atoms with Crippen molar-refractivity contribution in [2.45, 2.75) is 25.6 Å². The number of carbonyl (C=O) groups excluding carboxylic acids is 1. The van der Waals surface area contributed by atoms with E-state index in [2.05, 4.69) is 20.4 Å². The van der Waals surface area contributed by atoms with Gasteiger partial charge in [0.1, 0.15) is 5.82 Å². The minimum atomic E-state index is -6.02. The lowest BCUT2D eigenvalue weighted by Gasteiger charge is -2.19. The zero-order chi connectivity index (χ0) is 25.9. The summed E-state index contributed by atoms with van der Waals surface area (Å²) in [6.45, 7) is 1.87. The molecule has 2 heterocycles. The fourth-order valence-corrected chi connectivity index (χ4v) is 3.29. The minimum absolute atomic E-state index is 0.0648. The molecule has 4 aromatic rings. The average Bonchev–Trinajstić information content (AvgIpc) is 3.29. The maximum Gasteiger partial charge on any atom is 0.463 e. The highest BCUT2D eigenvalue weighted by molar-refractivity contribution is 5.98.